The summed E-state index contributed by atoms with van der Waals surface area (Å²) in [5.74, 6) is -0.503. The number of amides is 2. The van der Waals surface area contributed by atoms with Crippen molar-refractivity contribution >= 4 is 56.1 Å². The maximum atomic E-state index is 11.7. The van der Waals surface area contributed by atoms with Gasteiger partial charge in [0.25, 0.3) is 11.8 Å². The zero-order valence-electron chi connectivity index (χ0n) is 19.8. The fourth-order valence-corrected chi connectivity index (χ4v) is 3.47. The van der Waals surface area contributed by atoms with E-state index in [1.807, 2.05) is 0 Å². The standard InChI is InChI=1S/2C13H10BrN3O2.Cu/c2*14-11-1-2-12(18)10(7-11)8-16-17-13(19)9-3-5-15-6-4-9;/h2*1-8,18H,(H,17,19);/b2*16-8+;. The summed E-state index contributed by atoms with van der Waals surface area (Å²) in [6, 6.07) is 16.2. The molecule has 0 aliphatic rings. The Morgan fingerprint density at radius 3 is 1.38 bits per heavy atom. The average molecular weight is 704 g/mol. The smallest absolute Gasteiger partial charge is 0.271 e. The number of carbonyl (C=O) groups excluding carboxylic acids is 2. The minimum atomic E-state index is -0.340. The number of rotatable bonds is 6. The molecule has 0 spiro atoms. The van der Waals surface area contributed by atoms with E-state index in [4.69, 9.17) is 0 Å². The van der Waals surface area contributed by atoms with Gasteiger partial charge in [-0.05, 0) is 60.7 Å². The number of phenolic OH excluding ortho intramolecular Hbond substituents is 2. The average Bonchev–Trinajstić information content (AvgIpc) is 2.93. The topological polar surface area (TPSA) is 149 Å². The van der Waals surface area contributed by atoms with E-state index in [9.17, 15) is 19.8 Å². The van der Waals surface area contributed by atoms with Gasteiger partial charge in [-0.2, -0.15) is 10.2 Å². The number of nitrogens with zero attached hydrogens (tertiary/aromatic N) is 4. The summed E-state index contributed by atoms with van der Waals surface area (Å²) >= 11 is 6.57. The summed E-state index contributed by atoms with van der Waals surface area (Å²) in [7, 11) is 0. The molecule has 0 fully saturated rings. The minimum absolute atomic E-state index is 0. The summed E-state index contributed by atoms with van der Waals surface area (Å²) in [6.45, 7) is 0. The first-order valence-corrected chi connectivity index (χ1v) is 12.4. The van der Waals surface area contributed by atoms with Gasteiger partial charge in [0.2, 0.25) is 0 Å². The third-order valence-corrected chi connectivity index (χ3v) is 5.59. The van der Waals surface area contributed by atoms with Crippen molar-refractivity contribution in [2.24, 2.45) is 10.2 Å². The molecule has 0 atom stereocenters. The van der Waals surface area contributed by atoms with Crippen LogP contribution in [0.4, 0.5) is 0 Å². The third kappa shape index (κ3) is 10.4. The van der Waals surface area contributed by atoms with E-state index in [-0.39, 0.29) is 40.4 Å². The second-order valence-corrected chi connectivity index (χ2v) is 9.11. The second kappa shape index (κ2) is 16.1. The maximum Gasteiger partial charge on any atom is 0.271 e. The van der Waals surface area contributed by atoms with Crippen molar-refractivity contribution < 1.29 is 36.9 Å². The Kier molecular flexibility index (Phi) is 13.0. The van der Waals surface area contributed by atoms with Gasteiger partial charge in [0, 0.05) is 73.1 Å². The first-order chi connectivity index (χ1) is 18.3. The number of nitrogens with one attached hydrogen (secondary N) is 2. The molecule has 0 saturated heterocycles. The van der Waals surface area contributed by atoms with Gasteiger partial charge in [-0.25, -0.2) is 10.9 Å². The molecule has 2 aromatic carbocycles. The fourth-order valence-electron chi connectivity index (χ4n) is 2.71. The van der Waals surface area contributed by atoms with Crippen LogP contribution in [0.3, 0.4) is 0 Å². The van der Waals surface area contributed by atoms with Gasteiger partial charge in [-0.15, -0.1) is 0 Å². The summed E-state index contributed by atoms with van der Waals surface area (Å²) in [5.41, 5.74) is 6.68. The Labute approximate surface area is 251 Å². The molecule has 0 aliphatic carbocycles. The summed E-state index contributed by atoms with van der Waals surface area (Å²) in [4.78, 5) is 31.0. The van der Waals surface area contributed by atoms with Gasteiger partial charge in [-0.3, -0.25) is 19.6 Å². The zero-order chi connectivity index (χ0) is 27.3. The molecule has 10 nitrogen and oxygen atoms in total. The van der Waals surface area contributed by atoms with Gasteiger partial charge < -0.3 is 10.2 Å². The Morgan fingerprint density at radius 1 is 0.667 bits per heavy atom. The molecule has 0 unspecified atom stereocenters. The predicted octanol–water partition coefficient (Wildman–Crippen LogP) is 4.62. The van der Waals surface area contributed by atoms with Crippen LogP contribution in [0.15, 0.2) is 105 Å². The number of aromatic nitrogens is 2. The van der Waals surface area contributed by atoms with Crippen LogP contribution in [0.5, 0.6) is 11.5 Å². The Hall–Kier alpha value is -3.90. The van der Waals surface area contributed by atoms with E-state index in [0.717, 1.165) is 8.95 Å². The van der Waals surface area contributed by atoms with Crippen LogP contribution in [-0.4, -0.2) is 44.4 Å². The number of pyridine rings is 2. The molecule has 39 heavy (non-hydrogen) atoms. The Balaban J connectivity index is 0.000000267. The third-order valence-electron chi connectivity index (χ3n) is 4.60. The van der Waals surface area contributed by atoms with Crippen LogP contribution >= 0.6 is 31.9 Å². The molecule has 1 radical (unpaired) electrons. The summed E-state index contributed by atoms with van der Waals surface area (Å²) < 4.78 is 1.62. The van der Waals surface area contributed by atoms with E-state index in [0.29, 0.717) is 22.3 Å². The van der Waals surface area contributed by atoms with Gasteiger partial charge >= 0.3 is 0 Å². The first-order valence-electron chi connectivity index (χ1n) is 10.8. The van der Waals surface area contributed by atoms with E-state index in [2.05, 4.69) is 62.9 Å². The van der Waals surface area contributed by atoms with E-state index >= 15 is 0 Å². The summed E-state index contributed by atoms with van der Waals surface area (Å²) in [5, 5.41) is 26.8. The number of benzene rings is 2. The molecular weight excluding hydrogens is 684 g/mol. The number of phenols is 2. The van der Waals surface area contributed by atoms with Crippen LogP contribution in [-0.2, 0) is 17.1 Å². The fraction of sp³-hybridized carbons (Fsp3) is 0. The molecule has 2 amide bonds. The summed E-state index contributed by atoms with van der Waals surface area (Å²) in [6.07, 6.45) is 8.85. The maximum absolute atomic E-state index is 11.7. The van der Waals surface area contributed by atoms with Crippen molar-refractivity contribution in [3.05, 3.63) is 117 Å². The van der Waals surface area contributed by atoms with E-state index < -0.39 is 0 Å². The molecule has 4 aromatic rings. The Bertz CT molecular complexity index is 1350. The second-order valence-electron chi connectivity index (χ2n) is 7.28. The van der Waals surface area contributed by atoms with Gasteiger partial charge in [-0.1, -0.05) is 31.9 Å². The van der Waals surface area contributed by atoms with Crippen molar-refractivity contribution in [3.8, 4) is 11.5 Å². The van der Waals surface area contributed by atoms with Crippen molar-refractivity contribution in [1.29, 1.82) is 0 Å². The van der Waals surface area contributed by atoms with Crippen molar-refractivity contribution in [1.82, 2.24) is 20.8 Å². The molecule has 13 heteroatoms. The number of halogens is 2. The molecular formula is C26H20Br2CuN6O4. The largest absolute Gasteiger partial charge is 0.507 e. The van der Waals surface area contributed by atoms with Crippen molar-refractivity contribution in [2.45, 2.75) is 0 Å². The molecule has 2 heterocycles. The van der Waals surface area contributed by atoms with E-state index in [1.165, 1.54) is 49.3 Å². The first kappa shape index (κ1) is 31.3. The number of hydrogen-bond donors (Lipinski definition) is 4. The number of hydrazone groups is 2. The Morgan fingerprint density at radius 2 is 1.03 bits per heavy atom. The normalized spacial score (nSPS) is 10.3. The van der Waals surface area contributed by atoms with Crippen LogP contribution in [0.25, 0.3) is 0 Å². The molecule has 203 valence electrons. The van der Waals surface area contributed by atoms with E-state index in [1.54, 1.807) is 48.5 Å². The monoisotopic (exact) mass is 701 g/mol. The molecule has 4 rings (SSSR count). The predicted molar refractivity (Wildman–Crippen MR) is 150 cm³/mol. The van der Waals surface area contributed by atoms with Gasteiger partial charge in [0.05, 0.1) is 12.4 Å². The number of carbonyl (C=O) groups is 2. The van der Waals surface area contributed by atoms with Gasteiger partial charge in [0.15, 0.2) is 0 Å². The molecule has 0 saturated carbocycles. The SMILES string of the molecule is O=C(N/N=C/c1cc(Br)ccc1O)c1ccncc1.O=C(N/N=C/c1cc(Br)ccc1O)c1ccncc1.[Cu]. The quantitative estimate of drug-likeness (QED) is 0.131. The molecule has 2 aromatic heterocycles. The molecule has 0 bridgehead atoms. The van der Waals surface area contributed by atoms with Crippen LogP contribution < -0.4 is 10.9 Å². The minimum Gasteiger partial charge on any atom is -0.507 e. The van der Waals surface area contributed by atoms with Gasteiger partial charge in [0.1, 0.15) is 11.5 Å². The number of aromatic hydroxyl groups is 2. The van der Waals surface area contributed by atoms with Crippen LogP contribution in [0.2, 0.25) is 0 Å². The van der Waals surface area contributed by atoms with Crippen LogP contribution in [0.1, 0.15) is 31.8 Å². The van der Waals surface area contributed by atoms with Crippen LogP contribution in [0, 0.1) is 0 Å². The number of hydrogen-bond acceptors (Lipinski definition) is 8. The molecule has 4 N–H and O–H groups in total. The van der Waals surface area contributed by atoms with Crippen molar-refractivity contribution in [2.75, 3.05) is 0 Å². The van der Waals surface area contributed by atoms with Crippen molar-refractivity contribution in [3.63, 3.8) is 0 Å². The zero-order valence-corrected chi connectivity index (χ0v) is 23.9. The molecule has 0 aliphatic heterocycles.